The molecule has 0 aliphatic heterocycles. The SMILES string of the molecule is [B]/C(=C/C)c1cnccc1C. The molecule has 0 saturated heterocycles. The quantitative estimate of drug-likeness (QED) is 0.547. The van der Waals surface area contributed by atoms with Gasteiger partial charge in [0.1, 0.15) is 7.85 Å². The zero-order valence-corrected chi connectivity index (χ0v) is 6.83. The minimum absolute atomic E-state index is 0.788. The van der Waals surface area contributed by atoms with Crippen molar-refractivity contribution in [3.63, 3.8) is 0 Å². The summed E-state index contributed by atoms with van der Waals surface area (Å²) in [6.07, 6.45) is 5.43. The summed E-state index contributed by atoms with van der Waals surface area (Å²) in [4.78, 5) is 3.99. The molecule has 0 N–H and O–H groups in total. The summed E-state index contributed by atoms with van der Waals surface area (Å²) in [5.41, 5.74) is 2.97. The van der Waals surface area contributed by atoms with Crippen molar-refractivity contribution in [3.8, 4) is 0 Å². The minimum atomic E-state index is 0.788. The number of aromatic nitrogens is 1. The third-order valence-corrected chi connectivity index (χ3v) is 1.66. The number of aryl methyl sites for hydroxylation is 1. The molecule has 0 bridgehead atoms. The Balaban J connectivity index is 3.14. The monoisotopic (exact) mass is 143 g/mol. The maximum Gasteiger partial charge on any atom is 0.114 e. The molecule has 1 aromatic heterocycles. The van der Waals surface area contributed by atoms with Gasteiger partial charge in [-0.3, -0.25) is 4.98 Å². The highest BCUT2D eigenvalue weighted by Gasteiger charge is 1.96. The standard InChI is InChI=1S/C9H10BN/c1-3-9(10)8-6-11-5-4-7(8)2/h3-6H,1-2H3/b9-3+. The molecular weight excluding hydrogens is 133 g/mol. The third kappa shape index (κ3) is 1.70. The van der Waals surface area contributed by atoms with E-state index < -0.39 is 0 Å². The van der Waals surface area contributed by atoms with Gasteiger partial charge in [-0.15, -0.1) is 0 Å². The van der Waals surface area contributed by atoms with Gasteiger partial charge in [0.2, 0.25) is 0 Å². The number of allylic oxidation sites excluding steroid dienone is 1. The lowest BCUT2D eigenvalue weighted by molar-refractivity contribution is 1.27. The van der Waals surface area contributed by atoms with E-state index in [1.54, 1.807) is 12.4 Å². The Morgan fingerprint density at radius 1 is 1.64 bits per heavy atom. The van der Waals surface area contributed by atoms with Crippen LogP contribution in [0.15, 0.2) is 24.5 Å². The summed E-state index contributed by atoms with van der Waals surface area (Å²) in [6.45, 7) is 3.94. The zero-order valence-electron chi connectivity index (χ0n) is 6.83. The Bertz CT molecular complexity index is 279. The fraction of sp³-hybridized carbons (Fsp3) is 0.222. The van der Waals surface area contributed by atoms with Crippen molar-refractivity contribution in [1.82, 2.24) is 4.98 Å². The summed E-state index contributed by atoms with van der Waals surface area (Å²) in [5.74, 6) is 0. The Kier molecular flexibility index (Phi) is 2.47. The van der Waals surface area contributed by atoms with Crippen molar-refractivity contribution in [2.45, 2.75) is 13.8 Å². The van der Waals surface area contributed by atoms with Gasteiger partial charge in [0, 0.05) is 12.4 Å². The summed E-state index contributed by atoms with van der Waals surface area (Å²) in [5, 5.41) is 0. The number of nitrogens with zero attached hydrogens (tertiary/aromatic N) is 1. The summed E-state index contributed by atoms with van der Waals surface area (Å²) < 4.78 is 0. The molecule has 0 aliphatic rings. The fourth-order valence-electron chi connectivity index (χ4n) is 0.922. The molecule has 1 heterocycles. The molecule has 0 aliphatic carbocycles. The van der Waals surface area contributed by atoms with Crippen molar-refractivity contribution in [1.29, 1.82) is 0 Å². The highest BCUT2D eigenvalue weighted by atomic mass is 14.6. The first-order chi connectivity index (χ1) is 5.25. The van der Waals surface area contributed by atoms with E-state index >= 15 is 0 Å². The predicted octanol–water partition coefficient (Wildman–Crippen LogP) is 1.92. The highest BCUT2D eigenvalue weighted by molar-refractivity contribution is 6.42. The van der Waals surface area contributed by atoms with E-state index in [2.05, 4.69) is 4.98 Å². The van der Waals surface area contributed by atoms with Gasteiger partial charge in [-0.1, -0.05) is 11.5 Å². The van der Waals surface area contributed by atoms with Crippen LogP contribution in [-0.4, -0.2) is 12.8 Å². The summed E-state index contributed by atoms with van der Waals surface area (Å²) >= 11 is 0. The first kappa shape index (κ1) is 8.06. The Morgan fingerprint density at radius 3 is 2.91 bits per heavy atom. The lowest BCUT2D eigenvalue weighted by Crippen LogP contribution is -1.88. The molecule has 0 amide bonds. The van der Waals surface area contributed by atoms with E-state index in [1.807, 2.05) is 26.0 Å². The summed E-state index contributed by atoms with van der Waals surface area (Å²) in [6, 6.07) is 1.95. The second kappa shape index (κ2) is 3.38. The molecule has 1 aromatic rings. The fourth-order valence-corrected chi connectivity index (χ4v) is 0.922. The van der Waals surface area contributed by atoms with Crippen LogP contribution in [-0.2, 0) is 0 Å². The van der Waals surface area contributed by atoms with Crippen LogP contribution in [0.3, 0.4) is 0 Å². The van der Waals surface area contributed by atoms with Gasteiger partial charge in [-0.25, -0.2) is 0 Å². The van der Waals surface area contributed by atoms with E-state index in [-0.39, 0.29) is 0 Å². The van der Waals surface area contributed by atoms with Crippen LogP contribution in [0.25, 0.3) is 5.47 Å². The maximum atomic E-state index is 5.72. The van der Waals surface area contributed by atoms with E-state index in [0.717, 1.165) is 16.6 Å². The van der Waals surface area contributed by atoms with Crippen LogP contribution in [0.1, 0.15) is 18.1 Å². The second-order valence-corrected chi connectivity index (χ2v) is 2.43. The molecule has 0 fully saturated rings. The van der Waals surface area contributed by atoms with Crippen molar-refractivity contribution >= 4 is 13.3 Å². The molecule has 0 aromatic carbocycles. The second-order valence-electron chi connectivity index (χ2n) is 2.43. The molecule has 1 nitrogen and oxygen atoms in total. The number of hydrogen-bond donors (Lipinski definition) is 0. The topological polar surface area (TPSA) is 12.9 Å². The first-order valence-corrected chi connectivity index (χ1v) is 3.58. The lowest BCUT2D eigenvalue weighted by atomic mass is 9.87. The number of rotatable bonds is 1. The summed E-state index contributed by atoms with van der Waals surface area (Å²) in [7, 11) is 5.72. The average Bonchev–Trinajstić information content (AvgIpc) is 2.04. The molecule has 11 heavy (non-hydrogen) atoms. The van der Waals surface area contributed by atoms with Crippen molar-refractivity contribution in [3.05, 3.63) is 35.7 Å². The molecule has 54 valence electrons. The van der Waals surface area contributed by atoms with Crippen molar-refractivity contribution in [2.75, 3.05) is 0 Å². The molecule has 0 unspecified atom stereocenters. The molecule has 2 heteroatoms. The first-order valence-electron chi connectivity index (χ1n) is 3.58. The average molecular weight is 143 g/mol. The van der Waals surface area contributed by atoms with Crippen LogP contribution < -0.4 is 0 Å². The van der Waals surface area contributed by atoms with Crippen LogP contribution in [0.5, 0.6) is 0 Å². The largest absolute Gasteiger partial charge is 0.264 e. The van der Waals surface area contributed by atoms with Gasteiger partial charge in [-0.05, 0) is 31.0 Å². The van der Waals surface area contributed by atoms with E-state index in [4.69, 9.17) is 7.85 Å². The predicted molar refractivity (Wildman–Crippen MR) is 48.4 cm³/mol. The Hall–Kier alpha value is -1.05. The van der Waals surface area contributed by atoms with Gasteiger partial charge in [0.05, 0.1) is 0 Å². The molecular formula is C9H10BN. The van der Waals surface area contributed by atoms with Crippen molar-refractivity contribution in [2.24, 2.45) is 0 Å². The van der Waals surface area contributed by atoms with Crippen molar-refractivity contribution < 1.29 is 0 Å². The van der Waals surface area contributed by atoms with Gasteiger partial charge in [-0.2, -0.15) is 0 Å². The molecule has 2 radical (unpaired) electrons. The normalized spacial score (nSPS) is 11.6. The van der Waals surface area contributed by atoms with Crippen LogP contribution in [0, 0.1) is 6.92 Å². The van der Waals surface area contributed by atoms with Crippen LogP contribution >= 0.6 is 0 Å². The van der Waals surface area contributed by atoms with E-state index in [0.29, 0.717) is 0 Å². The van der Waals surface area contributed by atoms with Crippen LogP contribution in [0.2, 0.25) is 0 Å². The molecule has 1 rings (SSSR count). The van der Waals surface area contributed by atoms with E-state index in [9.17, 15) is 0 Å². The van der Waals surface area contributed by atoms with Gasteiger partial charge in [0.25, 0.3) is 0 Å². The number of hydrogen-bond acceptors (Lipinski definition) is 1. The minimum Gasteiger partial charge on any atom is -0.264 e. The van der Waals surface area contributed by atoms with Gasteiger partial charge < -0.3 is 0 Å². The van der Waals surface area contributed by atoms with E-state index in [1.165, 1.54) is 0 Å². The third-order valence-electron chi connectivity index (χ3n) is 1.66. The smallest absolute Gasteiger partial charge is 0.114 e. The van der Waals surface area contributed by atoms with Gasteiger partial charge >= 0.3 is 0 Å². The molecule has 0 atom stereocenters. The number of pyridine rings is 1. The lowest BCUT2D eigenvalue weighted by Gasteiger charge is -2.03. The maximum absolute atomic E-state index is 5.72. The Labute approximate surface area is 68.6 Å². The Morgan fingerprint density at radius 2 is 2.36 bits per heavy atom. The highest BCUT2D eigenvalue weighted by Crippen LogP contribution is 2.13. The zero-order chi connectivity index (χ0) is 8.27. The molecule has 0 spiro atoms. The van der Waals surface area contributed by atoms with Crippen LogP contribution in [0.4, 0.5) is 0 Å². The molecule has 0 saturated carbocycles. The van der Waals surface area contributed by atoms with Gasteiger partial charge in [0.15, 0.2) is 0 Å².